The SMILES string of the molecule is CCCc1nc(CN(CC)Cc2ccc(C#CC(C)(C)O)s2)no1. The topological polar surface area (TPSA) is 62.4 Å². The van der Waals surface area contributed by atoms with Crippen LogP contribution in [0.2, 0.25) is 0 Å². The molecule has 0 bridgehead atoms. The van der Waals surface area contributed by atoms with Crippen molar-refractivity contribution in [1.29, 1.82) is 0 Å². The van der Waals surface area contributed by atoms with Gasteiger partial charge in [-0.25, -0.2) is 0 Å². The number of rotatable bonds is 7. The molecular formula is C18H25N3O2S. The van der Waals surface area contributed by atoms with E-state index in [0.717, 1.165) is 36.6 Å². The summed E-state index contributed by atoms with van der Waals surface area (Å²) >= 11 is 1.65. The van der Waals surface area contributed by atoms with Crippen LogP contribution < -0.4 is 0 Å². The Balaban J connectivity index is 1.97. The van der Waals surface area contributed by atoms with Crippen molar-refractivity contribution < 1.29 is 9.63 Å². The van der Waals surface area contributed by atoms with Crippen LogP contribution in [0.15, 0.2) is 16.7 Å². The molecule has 0 fully saturated rings. The van der Waals surface area contributed by atoms with E-state index in [4.69, 9.17) is 4.52 Å². The lowest BCUT2D eigenvalue weighted by Crippen LogP contribution is -2.22. The summed E-state index contributed by atoms with van der Waals surface area (Å²) < 4.78 is 5.24. The molecule has 2 aromatic heterocycles. The molecule has 0 atom stereocenters. The fourth-order valence-electron chi connectivity index (χ4n) is 2.11. The minimum atomic E-state index is -0.964. The molecule has 2 rings (SSSR count). The summed E-state index contributed by atoms with van der Waals surface area (Å²) in [6.45, 7) is 9.98. The molecule has 0 saturated heterocycles. The highest BCUT2D eigenvalue weighted by atomic mass is 32.1. The van der Waals surface area contributed by atoms with E-state index in [1.165, 1.54) is 4.88 Å². The lowest BCUT2D eigenvalue weighted by Gasteiger charge is -2.17. The van der Waals surface area contributed by atoms with Crippen LogP contribution in [0.1, 0.15) is 55.6 Å². The Bertz CT molecular complexity index is 704. The lowest BCUT2D eigenvalue weighted by atomic mass is 10.1. The molecule has 0 aliphatic carbocycles. The van der Waals surface area contributed by atoms with Crippen LogP contribution in [-0.2, 0) is 19.5 Å². The van der Waals surface area contributed by atoms with Crippen LogP contribution in [-0.4, -0.2) is 32.3 Å². The Morgan fingerprint density at radius 2 is 2.08 bits per heavy atom. The van der Waals surface area contributed by atoms with E-state index in [-0.39, 0.29) is 0 Å². The number of hydrogen-bond acceptors (Lipinski definition) is 6. The van der Waals surface area contributed by atoms with Crippen molar-refractivity contribution in [2.24, 2.45) is 0 Å². The van der Waals surface area contributed by atoms with E-state index in [1.807, 2.05) is 6.07 Å². The summed E-state index contributed by atoms with van der Waals surface area (Å²) in [6, 6.07) is 4.08. The van der Waals surface area contributed by atoms with E-state index >= 15 is 0 Å². The van der Waals surface area contributed by atoms with Gasteiger partial charge in [0.25, 0.3) is 0 Å². The average Bonchev–Trinajstić information content (AvgIpc) is 3.14. The third kappa shape index (κ3) is 6.08. The number of aliphatic hydroxyl groups is 1. The van der Waals surface area contributed by atoms with Crippen molar-refractivity contribution in [2.45, 2.75) is 59.2 Å². The molecule has 0 spiro atoms. The third-order valence-electron chi connectivity index (χ3n) is 3.32. The van der Waals surface area contributed by atoms with Crippen molar-refractivity contribution in [3.63, 3.8) is 0 Å². The molecule has 0 radical (unpaired) electrons. The number of aryl methyl sites for hydroxylation is 1. The van der Waals surface area contributed by atoms with Crippen LogP contribution in [0, 0.1) is 11.8 Å². The number of hydrogen-bond donors (Lipinski definition) is 1. The average molecular weight is 347 g/mol. The molecule has 0 aliphatic rings. The minimum absolute atomic E-state index is 0.673. The van der Waals surface area contributed by atoms with Gasteiger partial charge in [-0.3, -0.25) is 4.90 Å². The van der Waals surface area contributed by atoms with E-state index in [0.29, 0.717) is 12.4 Å². The molecule has 6 heteroatoms. The Morgan fingerprint density at radius 1 is 1.29 bits per heavy atom. The monoisotopic (exact) mass is 347 g/mol. The summed E-state index contributed by atoms with van der Waals surface area (Å²) in [4.78, 5) is 8.88. The van der Waals surface area contributed by atoms with Gasteiger partial charge in [0.15, 0.2) is 5.82 Å². The van der Waals surface area contributed by atoms with Crippen molar-refractivity contribution >= 4 is 11.3 Å². The van der Waals surface area contributed by atoms with Crippen LogP contribution in [0.25, 0.3) is 0 Å². The third-order valence-corrected chi connectivity index (χ3v) is 4.30. The second-order valence-corrected chi connectivity index (χ2v) is 7.40. The molecule has 2 heterocycles. The number of nitrogens with zero attached hydrogens (tertiary/aromatic N) is 3. The van der Waals surface area contributed by atoms with Gasteiger partial charge in [0, 0.05) is 17.8 Å². The maximum atomic E-state index is 9.67. The van der Waals surface area contributed by atoms with Crippen molar-refractivity contribution in [3.05, 3.63) is 33.6 Å². The standard InChI is InChI=1S/C18H25N3O2S/c1-5-7-17-19-16(20-23-17)13-21(6-2)12-15-9-8-14(24-15)10-11-18(3,4)22/h8-9,22H,5-7,12-13H2,1-4H3. The summed E-state index contributed by atoms with van der Waals surface area (Å²) in [6.07, 6.45) is 1.83. The first kappa shape index (κ1) is 18.7. The smallest absolute Gasteiger partial charge is 0.226 e. The van der Waals surface area contributed by atoms with Gasteiger partial charge in [-0.2, -0.15) is 4.98 Å². The molecule has 0 saturated carbocycles. The Kier molecular flexibility index (Phi) is 6.55. The number of thiophene rings is 1. The van der Waals surface area contributed by atoms with Gasteiger partial charge in [-0.15, -0.1) is 11.3 Å². The summed E-state index contributed by atoms with van der Waals surface area (Å²) in [5.74, 6) is 7.31. The predicted molar refractivity (Wildman–Crippen MR) is 95.6 cm³/mol. The molecule has 0 amide bonds. The maximum Gasteiger partial charge on any atom is 0.226 e. The first-order chi connectivity index (χ1) is 11.4. The maximum absolute atomic E-state index is 9.67. The Hall–Kier alpha value is -1.68. The minimum Gasteiger partial charge on any atom is -0.378 e. The summed E-state index contributed by atoms with van der Waals surface area (Å²) in [5, 5.41) is 13.7. The van der Waals surface area contributed by atoms with E-state index < -0.39 is 5.60 Å². The second-order valence-electron chi connectivity index (χ2n) is 6.23. The fourth-order valence-corrected chi connectivity index (χ4v) is 3.02. The number of aromatic nitrogens is 2. The first-order valence-corrected chi connectivity index (χ1v) is 9.09. The van der Waals surface area contributed by atoms with Gasteiger partial charge in [0.05, 0.1) is 11.4 Å². The highest BCUT2D eigenvalue weighted by Crippen LogP contribution is 2.18. The quantitative estimate of drug-likeness (QED) is 0.779. The normalized spacial score (nSPS) is 11.6. The molecule has 5 nitrogen and oxygen atoms in total. The zero-order chi connectivity index (χ0) is 17.6. The van der Waals surface area contributed by atoms with Gasteiger partial charge in [-0.1, -0.05) is 30.8 Å². The van der Waals surface area contributed by atoms with E-state index in [1.54, 1.807) is 25.2 Å². The molecule has 0 aliphatic heterocycles. The molecule has 2 aromatic rings. The first-order valence-electron chi connectivity index (χ1n) is 8.27. The molecular weight excluding hydrogens is 322 g/mol. The van der Waals surface area contributed by atoms with Gasteiger partial charge < -0.3 is 9.63 Å². The lowest BCUT2D eigenvalue weighted by molar-refractivity contribution is 0.143. The molecule has 24 heavy (non-hydrogen) atoms. The zero-order valence-electron chi connectivity index (χ0n) is 14.8. The predicted octanol–water partition coefficient (Wildman–Crippen LogP) is 3.23. The van der Waals surface area contributed by atoms with Gasteiger partial charge >= 0.3 is 0 Å². The Morgan fingerprint density at radius 3 is 2.75 bits per heavy atom. The van der Waals surface area contributed by atoms with Crippen molar-refractivity contribution in [1.82, 2.24) is 15.0 Å². The zero-order valence-corrected chi connectivity index (χ0v) is 15.6. The highest BCUT2D eigenvalue weighted by molar-refractivity contribution is 7.12. The van der Waals surface area contributed by atoms with E-state index in [9.17, 15) is 5.11 Å². The van der Waals surface area contributed by atoms with Gasteiger partial charge in [0.1, 0.15) is 5.60 Å². The van der Waals surface area contributed by atoms with Gasteiger partial charge in [0.2, 0.25) is 5.89 Å². The van der Waals surface area contributed by atoms with Crippen LogP contribution >= 0.6 is 11.3 Å². The summed E-state index contributed by atoms with van der Waals surface area (Å²) in [7, 11) is 0. The molecule has 1 N–H and O–H groups in total. The molecule has 0 unspecified atom stereocenters. The van der Waals surface area contributed by atoms with Crippen LogP contribution in [0.3, 0.4) is 0 Å². The van der Waals surface area contributed by atoms with Gasteiger partial charge in [-0.05, 0) is 38.9 Å². The van der Waals surface area contributed by atoms with Crippen molar-refractivity contribution in [2.75, 3.05) is 6.54 Å². The summed E-state index contributed by atoms with van der Waals surface area (Å²) in [5.41, 5.74) is -0.964. The highest BCUT2D eigenvalue weighted by Gasteiger charge is 2.12. The van der Waals surface area contributed by atoms with Crippen LogP contribution in [0.4, 0.5) is 0 Å². The molecule has 130 valence electrons. The van der Waals surface area contributed by atoms with E-state index in [2.05, 4.69) is 46.8 Å². The second kappa shape index (κ2) is 8.43. The largest absolute Gasteiger partial charge is 0.378 e. The fraction of sp³-hybridized carbons (Fsp3) is 0.556. The Labute approximate surface area is 147 Å². The molecule has 0 aromatic carbocycles. The van der Waals surface area contributed by atoms with Crippen LogP contribution in [0.5, 0.6) is 0 Å². The van der Waals surface area contributed by atoms with Crippen molar-refractivity contribution in [3.8, 4) is 11.8 Å².